The number of nitrogens with one attached hydrogen (secondary N) is 1. The van der Waals surface area contributed by atoms with Crippen LogP contribution in [0.3, 0.4) is 0 Å². The van der Waals surface area contributed by atoms with Gasteiger partial charge in [-0.25, -0.2) is 0 Å². The molecule has 8 nitrogen and oxygen atoms in total. The van der Waals surface area contributed by atoms with Crippen LogP contribution < -0.4 is 14.8 Å². The Bertz CT molecular complexity index is 892. The SMILES string of the molecule is CCCN(CC(=O)Nc1ccc([N+](=O)[O-])cc1Cl)CC1COc2ccccc2O1. The predicted octanol–water partition coefficient (Wildman–Crippen LogP) is 3.74. The number of hydrogen-bond donors (Lipinski definition) is 1. The lowest BCUT2D eigenvalue weighted by Gasteiger charge is -2.31. The van der Waals surface area contributed by atoms with Gasteiger partial charge in [-0.15, -0.1) is 0 Å². The first-order valence-corrected chi connectivity index (χ1v) is 9.68. The Balaban J connectivity index is 1.59. The number of fused-ring (bicyclic) bond motifs is 1. The van der Waals surface area contributed by atoms with Crippen molar-refractivity contribution in [3.8, 4) is 11.5 Å². The molecule has 0 saturated carbocycles. The highest BCUT2D eigenvalue weighted by Crippen LogP contribution is 2.31. The summed E-state index contributed by atoms with van der Waals surface area (Å²) in [4.78, 5) is 24.7. The molecule has 2 aromatic rings. The topological polar surface area (TPSA) is 93.9 Å². The first-order valence-electron chi connectivity index (χ1n) is 9.31. The predicted molar refractivity (Wildman–Crippen MR) is 110 cm³/mol. The van der Waals surface area contributed by atoms with Crippen molar-refractivity contribution in [2.45, 2.75) is 19.4 Å². The lowest BCUT2D eigenvalue weighted by atomic mass is 10.2. The maximum atomic E-state index is 12.5. The number of nitro groups is 1. The lowest BCUT2D eigenvalue weighted by Crippen LogP contribution is -2.44. The third-order valence-corrected chi connectivity index (χ3v) is 4.69. The van der Waals surface area contributed by atoms with Crippen LogP contribution in [0.15, 0.2) is 42.5 Å². The van der Waals surface area contributed by atoms with E-state index in [-0.39, 0.29) is 29.3 Å². The summed E-state index contributed by atoms with van der Waals surface area (Å²) in [6, 6.07) is 11.4. The minimum absolute atomic E-state index is 0.121. The van der Waals surface area contributed by atoms with Gasteiger partial charge >= 0.3 is 0 Å². The van der Waals surface area contributed by atoms with Crippen LogP contribution in [0.2, 0.25) is 5.02 Å². The number of rotatable bonds is 8. The van der Waals surface area contributed by atoms with Crippen LogP contribution in [0.4, 0.5) is 11.4 Å². The number of halogens is 1. The van der Waals surface area contributed by atoms with Crippen LogP contribution in [0.5, 0.6) is 11.5 Å². The first kappa shape index (κ1) is 20.9. The van der Waals surface area contributed by atoms with Crippen molar-refractivity contribution in [1.82, 2.24) is 4.90 Å². The van der Waals surface area contributed by atoms with Crippen LogP contribution in [0.1, 0.15) is 13.3 Å². The fraction of sp³-hybridized carbons (Fsp3) is 0.350. The molecule has 1 N–H and O–H groups in total. The Morgan fingerprint density at radius 2 is 2.07 bits per heavy atom. The van der Waals surface area contributed by atoms with Gasteiger partial charge in [0.05, 0.1) is 22.2 Å². The van der Waals surface area contributed by atoms with Gasteiger partial charge in [-0.2, -0.15) is 0 Å². The van der Waals surface area contributed by atoms with Crippen molar-refractivity contribution in [2.24, 2.45) is 0 Å². The number of para-hydroxylation sites is 2. The summed E-state index contributed by atoms with van der Waals surface area (Å²) in [5, 5.41) is 13.6. The van der Waals surface area contributed by atoms with E-state index in [1.165, 1.54) is 18.2 Å². The van der Waals surface area contributed by atoms with E-state index in [1.807, 2.05) is 36.1 Å². The summed E-state index contributed by atoms with van der Waals surface area (Å²) in [6.45, 7) is 3.83. The van der Waals surface area contributed by atoms with Gasteiger partial charge in [0.2, 0.25) is 5.91 Å². The Kier molecular flexibility index (Phi) is 6.90. The van der Waals surface area contributed by atoms with E-state index in [9.17, 15) is 14.9 Å². The van der Waals surface area contributed by atoms with Gasteiger partial charge in [0.15, 0.2) is 11.5 Å². The molecule has 154 valence electrons. The third kappa shape index (κ3) is 5.58. The number of hydrogen-bond acceptors (Lipinski definition) is 6. The largest absolute Gasteiger partial charge is 0.486 e. The zero-order valence-electron chi connectivity index (χ0n) is 16.0. The molecular formula is C20H22ClN3O5. The minimum Gasteiger partial charge on any atom is -0.486 e. The molecule has 0 aromatic heterocycles. The highest BCUT2D eigenvalue weighted by molar-refractivity contribution is 6.34. The van der Waals surface area contributed by atoms with E-state index >= 15 is 0 Å². The van der Waals surface area contributed by atoms with Crippen LogP contribution in [0.25, 0.3) is 0 Å². The number of ether oxygens (including phenoxy) is 2. The van der Waals surface area contributed by atoms with Crippen molar-refractivity contribution in [3.63, 3.8) is 0 Å². The molecule has 0 bridgehead atoms. The van der Waals surface area contributed by atoms with Gasteiger partial charge in [-0.05, 0) is 31.2 Å². The average molecular weight is 420 g/mol. The number of carbonyl (C=O) groups is 1. The molecule has 1 unspecified atom stereocenters. The van der Waals surface area contributed by atoms with Crippen LogP contribution in [0, 0.1) is 10.1 Å². The minimum atomic E-state index is -0.537. The smallest absolute Gasteiger partial charge is 0.271 e. The summed E-state index contributed by atoms with van der Waals surface area (Å²) >= 11 is 6.05. The molecule has 0 aliphatic carbocycles. The molecule has 0 spiro atoms. The van der Waals surface area contributed by atoms with Crippen molar-refractivity contribution in [3.05, 3.63) is 57.6 Å². The molecule has 1 heterocycles. The molecule has 0 fully saturated rings. The number of nitro benzene ring substituents is 1. The van der Waals surface area contributed by atoms with Gasteiger partial charge in [0, 0.05) is 18.7 Å². The second-order valence-electron chi connectivity index (χ2n) is 6.70. The van der Waals surface area contributed by atoms with Crippen LogP contribution >= 0.6 is 11.6 Å². The fourth-order valence-corrected chi connectivity index (χ4v) is 3.33. The van der Waals surface area contributed by atoms with Crippen molar-refractivity contribution in [2.75, 3.05) is 31.6 Å². The van der Waals surface area contributed by atoms with Crippen molar-refractivity contribution in [1.29, 1.82) is 0 Å². The van der Waals surface area contributed by atoms with Crippen LogP contribution in [-0.2, 0) is 4.79 Å². The number of amides is 1. The van der Waals surface area contributed by atoms with Gasteiger partial charge in [-0.1, -0.05) is 30.7 Å². The molecule has 0 saturated heterocycles. The lowest BCUT2D eigenvalue weighted by molar-refractivity contribution is -0.384. The van der Waals surface area contributed by atoms with Crippen molar-refractivity contribution < 1.29 is 19.2 Å². The average Bonchev–Trinajstić information content (AvgIpc) is 2.69. The zero-order chi connectivity index (χ0) is 20.8. The molecule has 1 aliphatic heterocycles. The first-order chi connectivity index (χ1) is 14.0. The Morgan fingerprint density at radius 1 is 1.31 bits per heavy atom. The summed E-state index contributed by atoms with van der Waals surface area (Å²) < 4.78 is 11.7. The Morgan fingerprint density at radius 3 is 2.76 bits per heavy atom. The van der Waals surface area contributed by atoms with Gasteiger partial charge < -0.3 is 14.8 Å². The number of benzene rings is 2. The van der Waals surface area contributed by atoms with Crippen LogP contribution in [-0.4, -0.2) is 48.1 Å². The number of carbonyl (C=O) groups excluding carboxylic acids is 1. The van der Waals surface area contributed by atoms with E-state index in [2.05, 4.69) is 5.32 Å². The Hall–Kier alpha value is -2.84. The highest BCUT2D eigenvalue weighted by atomic mass is 35.5. The molecule has 29 heavy (non-hydrogen) atoms. The maximum Gasteiger partial charge on any atom is 0.271 e. The summed E-state index contributed by atoms with van der Waals surface area (Å²) in [5.74, 6) is 1.16. The highest BCUT2D eigenvalue weighted by Gasteiger charge is 2.24. The second kappa shape index (κ2) is 9.58. The number of non-ortho nitro benzene ring substituents is 1. The van der Waals surface area contributed by atoms with Crippen molar-refractivity contribution >= 4 is 28.9 Å². The molecule has 9 heteroatoms. The molecule has 1 aliphatic rings. The standard InChI is InChI=1S/C20H22ClN3O5/c1-2-9-23(11-15-13-28-18-5-3-4-6-19(18)29-15)12-20(25)22-17-8-7-14(24(26)27)10-16(17)21/h3-8,10,15H,2,9,11-13H2,1H3,(H,22,25). The number of nitrogens with zero attached hydrogens (tertiary/aromatic N) is 2. The molecule has 0 radical (unpaired) electrons. The van der Waals surface area contributed by atoms with Gasteiger partial charge in [0.25, 0.3) is 5.69 Å². The third-order valence-electron chi connectivity index (χ3n) is 4.37. The molecule has 1 atom stereocenters. The van der Waals surface area contributed by atoms with E-state index in [4.69, 9.17) is 21.1 Å². The molecular weight excluding hydrogens is 398 g/mol. The molecule has 3 rings (SSSR count). The molecule has 1 amide bonds. The maximum absolute atomic E-state index is 12.5. The van der Waals surface area contributed by atoms with Gasteiger partial charge in [-0.3, -0.25) is 19.8 Å². The fourth-order valence-electron chi connectivity index (χ4n) is 3.10. The number of anilines is 1. The van der Waals surface area contributed by atoms with E-state index < -0.39 is 4.92 Å². The summed E-state index contributed by atoms with van der Waals surface area (Å²) in [6.07, 6.45) is 0.683. The van der Waals surface area contributed by atoms with Gasteiger partial charge in [0.1, 0.15) is 12.7 Å². The summed E-state index contributed by atoms with van der Waals surface area (Å²) in [5.41, 5.74) is 0.209. The Labute approximate surface area is 173 Å². The molecule has 2 aromatic carbocycles. The quantitative estimate of drug-likeness (QED) is 0.517. The van der Waals surface area contributed by atoms with E-state index in [1.54, 1.807) is 0 Å². The zero-order valence-corrected chi connectivity index (χ0v) is 16.7. The monoisotopic (exact) mass is 419 g/mol. The second-order valence-corrected chi connectivity index (χ2v) is 7.11. The summed E-state index contributed by atoms with van der Waals surface area (Å²) in [7, 11) is 0. The van der Waals surface area contributed by atoms with E-state index in [0.29, 0.717) is 31.1 Å². The normalized spacial score (nSPS) is 15.2. The van der Waals surface area contributed by atoms with E-state index in [0.717, 1.165) is 12.2 Å².